The number of rotatable bonds is 4. The zero-order valence-electron chi connectivity index (χ0n) is 7.40. The van der Waals surface area contributed by atoms with E-state index in [1.807, 2.05) is 29.5 Å². The van der Waals surface area contributed by atoms with Crippen molar-refractivity contribution in [2.45, 2.75) is 11.9 Å². The Hall–Kier alpha value is -0.560. The van der Waals surface area contributed by atoms with Crippen LogP contribution in [0.2, 0.25) is 0 Å². The molecule has 1 aromatic heterocycles. The van der Waals surface area contributed by atoms with Gasteiger partial charge in [0.05, 0.1) is 6.07 Å². The Kier molecular flexibility index (Phi) is 4.23. The van der Waals surface area contributed by atoms with Gasteiger partial charge >= 0.3 is 0 Å². The van der Waals surface area contributed by atoms with Gasteiger partial charge in [-0.25, -0.2) is 0 Å². The van der Waals surface area contributed by atoms with Crippen LogP contribution in [0.4, 0.5) is 0 Å². The number of alkyl halides is 1. The average molecular weight is 215 g/mol. The molecule has 2 nitrogen and oxygen atoms in total. The van der Waals surface area contributed by atoms with Crippen LogP contribution in [-0.2, 0) is 6.54 Å². The number of nitriles is 1. The predicted molar refractivity (Wildman–Crippen MR) is 55.9 cm³/mol. The fourth-order valence-corrected chi connectivity index (χ4v) is 2.07. The van der Waals surface area contributed by atoms with Crippen LogP contribution in [0.1, 0.15) is 4.88 Å². The number of hydrogen-bond donors (Lipinski definition) is 0. The van der Waals surface area contributed by atoms with Gasteiger partial charge in [-0.05, 0) is 18.5 Å². The number of hydrogen-bond acceptors (Lipinski definition) is 3. The molecule has 0 aromatic carbocycles. The van der Waals surface area contributed by atoms with Crippen LogP contribution in [-0.4, -0.2) is 23.9 Å². The van der Waals surface area contributed by atoms with Crippen molar-refractivity contribution in [2.24, 2.45) is 0 Å². The van der Waals surface area contributed by atoms with Crippen molar-refractivity contribution in [1.29, 1.82) is 5.26 Å². The molecule has 0 spiro atoms. The lowest BCUT2D eigenvalue weighted by Crippen LogP contribution is -2.24. The highest BCUT2D eigenvalue weighted by molar-refractivity contribution is 7.09. The van der Waals surface area contributed by atoms with Crippen molar-refractivity contribution in [3.8, 4) is 6.07 Å². The molecule has 0 aliphatic heterocycles. The standard InChI is InChI=1S/C9H11ClN2S/c1-12(6-8(10)5-11)7-9-3-2-4-13-9/h2-4,8H,6-7H2,1H3. The minimum absolute atomic E-state index is 0.412. The maximum absolute atomic E-state index is 8.50. The minimum atomic E-state index is -0.412. The van der Waals surface area contributed by atoms with Gasteiger partial charge in [-0.15, -0.1) is 22.9 Å². The van der Waals surface area contributed by atoms with Crippen LogP contribution < -0.4 is 0 Å². The van der Waals surface area contributed by atoms with Gasteiger partial charge in [-0.3, -0.25) is 4.90 Å². The summed E-state index contributed by atoms with van der Waals surface area (Å²) in [6.45, 7) is 1.47. The van der Waals surface area contributed by atoms with E-state index in [0.717, 1.165) is 6.54 Å². The maximum Gasteiger partial charge on any atom is 0.133 e. The third-order valence-electron chi connectivity index (χ3n) is 1.62. The Bertz CT molecular complexity index is 278. The van der Waals surface area contributed by atoms with Crippen LogP contribution in [0.25, 0.3) is 0 Å². The first-order valence-electron chi connectivity index (χ1n) is 3.97. The highest BCUT2D eigenvalue weighted by Crippen LogP contribution is 2.11. The normalized spacial score (nSPS) is 12.8. The largest absolute Gasteiger partial charge is 0.299 e. The first kappa shape index (κ1) is 10.5. The quantitative estimate of drug-likeness (QED) is 0.720. The van der Waals surface area contributed by atoms with Gasteiger partial charge in [0.15, 0.2) is 0 Å². The third-order valence-corrected chi connectivity index (χ3v) is 2.71. The number of halogens is 1. The Morgan fingerprint density at radius 3 is 3.08 bits per heavy atom. The first-order valence-corrected chi connectivity index (χ1v) is 5.28. The van der Waals surface area contributed by atoms with Gasteiger partial charge in [0.2, 0.25) is 0 Å². The van der Waals surface area contributed by atoms with E-state index in [0.29, 0.717) is 6.54 Å². The molecule has 0 saturated carbocycles. The summed E-state index contributed by atoms with van der Waals surface area (Å²) in [6.07, 6.45) is 0. The summed E-state index contributed by atoms with van der Waals surface area (Å²) in [5.74, 6) is 0. The van der Waals surface area contributed by atoms with Gasteiger partial charge in [0, 0.05) is 18.0 Å². The topological polar surface area (TPSA) is 27.0 Å². The van der Waals surface area contributed by atoms with Crippen LogP contribution in [0.3, 0.4) is 0 Å². The lowest BCUT2D eigenvalue weighted by atomic mass is 10.4. The molecule has 0 N–H and O–H groups in total. The minimum Gasteiger partial charge on any atom is -0.299 e. The molecule has 0 saturated heterocycles. The number of nitrogens with zero attached hydrogens (tertiary/aromatic N) is 2. The second kappa shape index (κ2) is 5.23. The molecule has 0 bridgehead atoms. The zero-order chi connectivity index (χ0) is 9.68. The van der Waals surface area contributed by atoms with E-state index in [-0.39, 0.29) is 0 Å². The summed E-state index contributed by atoms with van der Waals surface area (Å²) >= 11 is 7.42. The SMILES string of the molecule is CN(Cc1cccs1)CC(Cl)C#N. The molecule has 0 amide bonds. The smallest absolute Gasteiger partial charge is 0.133 e. The summed E-state index contributed by atoms with van der Waals surface area (Å²) < 4.78 is 0. The molecule has 0 radical (unpaired) electrons. The van der Waals surface area contributed by atoms with Crippen molar-refractivity contribution in [3.05, 3.63) is 22.4 Å². The second-order valence-electron chi connectivity index (χ2n) is 2.87. The van der Waals surface area contributed by atoms with Gasteiger partial charge in [-0.1, -0.05) is 6.07 Å². The van der Waals surface area contributed by atoms with E-state index in [4.69, 9.17) is 16.9 Å². The third kappa shape index (κ3) is 3.77. The highest BCUT2D eigenvalue weighted by atomic mass is 35.5. The van der Waals surface area contributed by atoms with Gasteiger partial charge in [0.25, 0.3) is 0 Å². The highest BCUT2D eigenvalue weighted by Gasteiger charge is 2.07. The van der Waals surface area contributed by atoms with Crippen LogP contribution >= 0.6 is 22.9 Å². The molecule has 1 atom stereocenters. The van der Waals surface area contributed by atoms with Crippen LogP contribution in [0, 0.1) is 11.3 Å². The van der Waals surface area contributed by atoms with E-state index >= 15 is 0 Å². The van der Waals surface area contributed by atoms with Crippen molar-refractivity contribution >= 4 is 22.9 Å². The second-order valence-corrected chi connectivity index (χ2v) is 4.43. The van der Waals surface area contributed by atoms with E-state index in [2.05, 4.69) is 6.07 Å². The summed E-state index contributed by atoms with van der Waals surface area (Å²) in [5, 5.41) is 10.1. The average Bonchev–Trinajstić information content (AvgIpc) is 2.56. The number of thiophene rings is 1. The van der Waals surface area contributed by atoms with E-state index < -0.39 is 5.38 Å². The molecular formula is C9H11ClN2S. The van der Waals surface area contributed by atoms with E-state index in [1.54, 1.807) is 11.3 Å². The molecule has 13 heavy (non-hydrogen) atoms. The summed E-state index contributed by atoms with van der Waals surface area (Å²) in [7, 11) is 1.96. The zero-order valence-corrected chi connectivity index (χ0v) is 8.98. The Labute approximate surface area is 87.4 Å². The van der Waals surface area contributed by atoms with E-state index in [1.165, 1.54) is 4.88 Å². The lowest BCUT2D eigenvalue weighted by Gasteiger charge is -2.15. The first-order chi connectivity index (χ1) is 6.22. The van der Waals surface area contributed by atoms with Gasteiger partial charge < -0.3 is 0 Å². The molecule has 0 fully saturated rings. The maximum atomic E-state index is 8.50. The fourth-order valence-electron chi connectivity index (χ4n) is 1.05. The monoisotopic (exact) mass is 214 g/mol. The van der Waals surface area contributed by atoms with Crippen molar-refractivity contribution in [3.63, 3.8) is 0 Å². The van der Waals surface area contributed by atoms with Gasteiger partial charge in [-0.2, -0.15) is 5.26 Å². The summed E-state index contributed by atoms with van der Waals surface area (Å²) in [5.41, 5.74) is 0. The van der Waals surface area contributed by atoms with Crippen molar-refractivity contribution in [1.82, 2.24) is 4.90 Å². The Morgan fingerprint density at radius 1 is 1.77 bits per heavy atom. The predicted octanol–water partition coefficient (Wildman–Crippen LogP) is 2.31. The van der Waals surface area contributed by atoms with Crippen molar-refractivity contribution in [2.75, 3.05) is 13.6 Å². The molecule has 1 unspecified atom stereocenters. The Balaban J connectivity index is 2.34. The summed E-state index contributed by atoms with van der Waals surface area (Å²) in [4.78, 5) is 3.34. The van der Waals surface area contributed by atoms with Gasteiger partial charge in [0.1, 0.15) is 5.38 Å². The van der Waals surface area contributed by atoms with E-state index in [9.17, 15) is 0 Å². The molecule has 0 aliphatic rings. The molecule has 4 heteroatoms. The fraction of sp³-hybridized carbons (Fsp3) is 0.444. The summed E-state index contributed by atoms with van der Waals surface area (Å²) in [6, 6.07) is 6.11. The molecule has 70 valence electrons. The lowest BCUT2D eigenvalue weighted by molar-refractivity contribution is 0.340. The van der Waals surface area contributed by atoms with Crippen LogP contribution in [0.5, 0.6) is 0 Å². The Morgan fingerprint density at radius 2 is 2.54 bits per heavy atom. The molecular weight excluding hydrogens is 204 g/mol. The molecule has 1 rings (SSSR count). The molecule has 1 heterocycles. The van der Waals surface area contributed by atoms with Crippen LogP contribution in [0.15, 0.2) is 17.5 Å². The van der Waals surface area contributed by atoms with Crippen molar-refractivity contribution < 1.29 is 0 Å². The molecule has 1 aromatic rings. The molecule has 0 aliphatic carbocycles.